The van der Waals surface area contributed by atoms with E-state index in [1.807, 2.05) is 18.4 Å². The molecule has 2 N–H and O–H groups in total. The summed E-state index contributed by atoms with van der Waals surface area (Å²) in [5.41, 5.74) is 8.76. The van der Waals surface area contributed by atoms with E-state index in [4.69, 9.17) is 5.53 Å². The molecule has 0 saturated heterocycles. The summed E-state index contributed by atoms with van der Waals surface area (Å²) in [4.78, 5) is 17.9. The van der Waals surface area contributed by atoms with Gasteiger partial charge in [-0.1, -0.05) is 5.11 Å². The van der Waals surface area contributed by atoms with E-state index in [9.17, 15) is 9.90 Å². The van der Waals surface area contributed by atoms with Crippen LogP contribution in [0.1, 0.15) is 38.0 Å². The van der Waals surface area contributed by atoms with Crippen molar-refractivity contribution in [3.05, 3.63) is 28.7 Å². The average Bonchev–Trinajstić information content (AvgIpc) is 2.82. The molecule has 19 heavy (non-hydrogen) atoms. The maximum absolute atomic E-state index is 11.3. The molecule has 104 valence electrons. The van der Waals surface area contributed by atoms with Crippen LogP contribution < -0.4 is 5.32 Å². The standard InChI is InChI=1S/C11H18N6O2/c1-8(2)17-7-13-6-9(17)10(11(18)19)14-4-3-5-15-16-12/h6-8,10,14H,3-5H2,1-2H3,(H,18,19). The van der Waals surface area contributed by atoms with Gasteiger partial charge in [-0.3, -0.25) is 10.1 Å². The molecule has 8 nitrogen and oxygen atoms in total. The van der Waals surface area contributed by atoms with Gasteiger partial charge in [-0.15, -0.1) is 0 Å². The van der Waals surface area contributed by atoms with Gasteiger partial charge in [0.1, 0.15) is 6.04 Å². The van der Waals surface area contributed by atoms with Gasteiger partial charge in [-0.2, -0.15) is 0 Å². The first-order chi connectivity index (χ1) is 9.07. The maximum Gasteiger partial charge on any atom is 0.326 e. The zero-order valence-corrected chi connectivity index (χ0v) is 11.0. The molecule has 0 aliphatic carbocycles. The molecular weight excluding hydrogens is 248 g/mol. The van der Waals surface area contributed by atoms with Crippen molar-refractivity contribution in [1.29, 1.82) is 0 Å². The molecule has 0 aromatic carbocycles. The van der Waals surface area contributed by atoms with Crippen molar-refractivity contribution in [2.75, 3.05) is 13.1 Å². The second-order valence-electron chi connectivity index (χ2n) is 4.35. The Bertz CT molecular complexity index is 464. The summed E-state index contributed by atoms with van der Waals surface area (Å²) in [5.74, 6) is -0.953. The zero-order valence-electron chi connectivity index (χ0n) is 11.0. The van der Waals surface area contributed by atoms with Crippen molar-refractivity contribution in [3.63, 3.8) is 0 Å². The summed E-state index contributed by atoms with van der Waals surface area (Å²) in [5, 5.41) is 15.6. The molecule has 0 saturated carbocycles. The molecule has 1 aromatic heterocycles. The molecule has 0 aliphatic heterocycles. The fourth-order valence-corrected chi connectivity index (χ4v) is 1.73. The lowest BCUT2D eigenvalue weighted by Gasteiger charge is -2.18. The molecule has 0 spiro atoms. The Morgan fingerprint density at radius 2 is 2.42 bits per heavy atom. The van der Waals surface area contributed by atoms with Crippen LogP contribution in [0.4, 0.5) is 0 Å². The highest BCUT2D eigenvalue weighted by molar-refractivity contribution is 5.74. The number of hydrogen-bond acceptors (Lipinski definition) is 4. The Morgan fingerprint density at radius 3 is 3.00 bits per heavy atom. The van der Waals surface area contributed by atoms with E-state index in [1.54, 1.807) is 12.5 Å². The molecule has 0 radical (unpaired) electrons. The molecule has 8 heteroatoms. The van der Waals surface area contributed by atoms with Crippen LogP contribution in [0.5, 0.6) is 0 Å². The van der Waals surface area contributed by atoms with Crippen molar-refractivity contribution >= 4 is 5.97 Å². The van der Waals surface area contributed by atoms with Crippen molar-refractivity contribution in [3.8, 4) is 0 Å². The molecule has 1 rings (SSSR count). The number of nitrogens with zero attached hydrogens (tertiary/aromatic N) is 5. The summed E-state index contributed by atoms with van der Waals surface area (Å²) in [6.45, 7) is 4.73. The van der Waals surface area contributed by atoms with Crippen LogP contribution in [-0.4, -0.2) is 33.7 Å². The number of aromatic nitrogens is 2. The van der Waals surface area contributed by atoms with Crippen LogP contribution in [0.2, 0.25) is 0 Å². The van der Waals surface area contributed by atoms with Gasteiger partial charge in [0.25, 0.3) is 0 Å². The Kier molecular flexibility index (Phi) is 5.84. The first-order valence-corrected chi connectivity index (χ1v) is 6.06. The van der Waals surface area contributed by atoms with Gasteiger partial charge in [0, 0.05) is 17.5 Å². The van der Waals surface area contributed by atoms with E-state index in [-0.39, 0.29) is 6.04 Å². The Labute approximate surface area is 111 Å². The Hall–Kier alpha value is -2.05. The van der Waals surface area contributed by atoms with Crippen LogP contribution >= 0.6 is 0 Å². The van der Waals surface area contributed by atoms with E-state index in [2.05, 4.69) is 20.3 Å². The third-order valence-electron chi connectivity index (χ3n) is 2.64. The van der Waals surface area contributed by atoms with Crippen molar-refractivity contribution in [2.24, 2.45) is 5.11 Å². The second-order valence-corrected chi connectivity index (χ2v) is 4.35. The highest BCUT2D eigenvalue weighted by Crippen LogP contribution is 2.17. The first kappa shape index (κ1) is 15.0. The van der Waals surface area contributed by atoms with E-state index in [1.165, 1.54) is 0 Å². The number of nitrogens with one attached hydrogen (secondary N) is 1. The van der Waals surface area contributed by atoms with Gasteiger partial charge in [-0.25, -0.2) is 4.98 Å². The van der Waals surface area contributed by atoms with E-state index < -0.39 is 12.0 Å². The van der Waals surface area contributed by atoms with E-state index >= 15 is 0 Å². The molecule has 0 amide bonds. The predicted octanol–water partition coefficient (Wildman–Crippen LogP) is 1.88. The van der Waals surface area contributed by atoms with Crippen molar-refractivity contribution < 1.29 is 9.90 Å². The van der Waals surface area contributed by atoms with Crippen LogP contribution in [0, 0.1) is 0 Å². The summed E-state index contributed by atoms with van der Waals surface area (Å²) < 4.78 is 1.82. The zero-order chi connectivity index (χ0) is 14.3. The fraction of sp³-hybridized carbons (Fsp3) is 0.636. The van der Waals surface area contributed by atoms with Crippen molar-refractivity contribution in [1.82, 2.24) is 14.9 Å². The molecule has 1 aromatic rings. The molecule has 0 bridgehead atoms. The highest BCUT2D eigenvalue weighted by Gasteiger charge is 2.23. The lowest BCUT2D eigenvalue weighted by molar-refractivity contribution is -0.139. The highest BCUT2D eigenvalue weighted by atomic mass is 16.4. The van der Waals surface area contributed by atoms with E-state index in [0.717, 1.165) is 0 Å². The largest absolute Gasteiger partial charge is 0.480 e. The van der Waals surface area contributed by atoms with Crippen LogP contribution in [0.15, 0.2) is 17.6 Å². The lowest BCUT2D eigenvalue weighted by Crippen LogP contribution is -2.31. The normalized spacial score (nSPS) is 12.2. The summed E-state index contributed by atoms with van der Waals surface area (Å²) in [7, 11) is 0. The lowest BCUT2D eigenvalue weighted by atomic mass is 10.2. The predicted molar refractivity (Wildman–Crippen MR) is 69.6 cm³/mol. The Morgan fingerprint density at radius 1 is 1.68 bits per heavy atom. The number of hydrogen-bond donors (Lipinski definition) is 2. The minimum Gasteiger partial charge on any atom is -0.480 e. The summed E-state index contributed by atoms with van der Waals surface area (Å²) >= 11 is 0. The molecule has 1 unspecified atom stereocenters. The SMILES string of the molecule is CC(C)n1cncc1C(NCCCN=[N+]=[N-])C(=O)O. The van der Waals surface area contributed by atoms with Gasteiger partial charge in [0.15, 0.2) is 0 Å². The monoisotopic (exact) mass is 266 g/mol. The molecule has 1 atom stereocenters. The first-order valence-electron chi connectivity index (χ1n) is 6.06. The van der Waals surface area contributed by atoms with Crippen LogP contribution in [-0.2, 0) is 4.79 Å². The Balaban J connectivity index is 2.69. The van der Waals surface area contributed by atoms with Gasteiger partial charge in [0.2, 0.25) is 0 Å². The number of carbonyl (C=O) groups is 1. The second kappa shape index (κ2) is 7.40. The smallest absolute Gasteiger partial charge is 0.326 e. The number of aliphatic carboxylic acids is 1. The van der Waals surface area contributed by atoms with Gasteiger partial charge < -0.3 is 9.67 Å². The van der Waals surface area contributed by atoms with Crippen LogP contribution in [0.3, 0.4) is 0 Å². The van der Waals surface area contributed by atoms with E-state index in [0.29, 0.717) is 25.2 Å². The third-order valence-corrected chi connectivity index (χ3v) is 2.64. The molecule has 0 fully saturated rings. The van der Waals surface area contributed by atoms with Gasteiger partial charge >= 0.3 is 5.97 Å². The minimum absolute atomic E-state index is 0.143. The number of rotatable bonds is 8. The molecular formula is C11H18N6O2. The quantitative estimate of drug-likeness (QED) is 0.323. The fourth-order valence-electron chi connectivity index (χ4n) is 1.73. The third kappa shape index (κ3) is 4.27. The van der Waals surface area contributed by atoms with Gasteiger partial charge in [0.05, 0.1) is 18.2 Å². The maximum atomic E-state index is 11.3. The van der Waals surface area contributed by atoms with Crippen LogP contribution in [0.25, 0.3) is 10.4 Å². The minimum atomic E-state index is -0.953. The number of carboxylic acid groups (broad SMARTS) is 1. The average molecular weight is 266 g/mol. The number of imidazole rings is 1. The number of carboxylic acids is 1. The summed E-state index contributed by atoms with van der Waals surface area (Å²) in [6.07, 6.45) is 3.76. The molecule has 0 aliphatic rings. The topological polar surface area (TPSA) is 116 Å². The molecule has 1 heterocycles. The van der Waals surface area contributed by atoms with Gasteiger partial charge in [-0.05, 0) is 32.3 Å². The van der Waals surface area contributed by atoms with Crippen molar-refractivity contribution in [2.45, 2.75) is 32.4 Å². The number of azide groups is 1. The summed E-state index contributed by atoms with van der Waals surface area (Å²) in [6, 6.07) is -0.666.